The molecule has 0 radical (unpaired) electrons. The van der Waals surface area contributed by atoms with Crippen molar-refractivity contribution < 1.29 is 8.42 Å². The summed E-state index contributed by atoms with van der Waals surface area (Å²) in [4.78, 5) is 1.07. The van der Waals surface area contributed by atoms with Crippen molar-refractivity contribution in [3.05, 3.63) is 16.3 Å². The maximum Gasteiger partial charge on any atom is 0.242 e. The highest BCUT2D eigenvalue weighted by Gasteiger charge is 2.33. The van der Waals surface area contributed by atoms with Crippen molar-refractivity contribution >= 4 is 21.4 Å². The van der Waals surface area contributed by atoms with E-state index in [2.05, 4.69) is 4.72 Å². The molecule has 2 rings (SSSR count). The first-order valence-corrected chi connectivity index (χ1v) is 8.64. The van der Waals surface area contributed by atoms with Gasteiger partial charge in [-0.1, -0.05) is 19.3 Å². The van der Waals surface area contributed by atoms with Gasteiger partial charge in [-0.2, -0.15) is 0 Å². The highest BCUT2D eigenvalue weighted by atomic mass is 32.2. The number of thiophene rings is 1. The van der Waals surface area contributed by atoms with Gasteiger partial charge in [0.05, 0.1) is 4.90 Å². The molecular weight excluding hydrogens is 268 g/mol. The predicted octanol–water partition coefficient (Wildman–Crippen LogP) is 2.21. The van der Waals surface area contributed by atoms with Gasteiger partial charge in [-0.3, -0.25) is 0 Å². The quantitative estimate of drug-likeness (QED) is 0.892. The van der Waals surface area contributed by atoms with Crippen LogP contribution in [0.1, 0.15) is 43.9 Å². The molecule has 3 N–H and O–H groups in total. The van der Waals surface area contributed by atoms with Gasteiger partial charge in [-0.05, 0) is 31.2 Å². The molecule has 0 aliphatic heterocycles. The van der Waals surface area contributed by atoms with E-state index < -0.39 is 10.0 Å². The van der Waals surface area contributed by atoms with Gasteiger partial charge in [0.15, 0.2) is 0 Å². The van der Waals surface area contributed by atoms with Crippen LogP contribution in [0.2, 0.25) is 0 Å². The van der Waals surface area contributed by atoms with E-state index in [1.165, 1.54) is 17.8 Å². The molecule has 0 aromatic carbocycles. The summed E-state index contributed by atoms with van der Waals surface area (Å²) in [5.41, 5.74) is 5.28. The number of nitrogens with two attached hydrogens (primary N) is 1. The Morgan fingerprint density at radius 3 is 2.67 bits per heavy atom. The summed E-state index contributed by atoms with van der Waals surface area (Å²) in [7, 11) is -3.44. The lowest BCUT2D eigenvalue weighted by molar-refractivity contribution is 0.294. The largest absolute Gasteiger partial charge is 0.326 e. The second kappa shape index (κ2) is 5.28. The Morgan fingerprint density at radius 2 is 2.06 bits per heavy atom. The summed E-state index contributed by atoms with van der Waals surface area (Å²) in [5, 5.41) is 1.78. The maximum absolute atomic E-state index is 12.4. The third kappa shape index (κ3) is 2.93. The van der Waals surface area contributed by atoms with E-state index in [1.54, 1.807) is 11.4 Å². The maximum atomic E-state index is 12.4. The van der Waals surface area contributed by atoms with Crippen molar-refractivity contribution in [3.63, 3.8) is 0 Å². The van der Waals surface area contributed by atoms with Crippen molar-refractivity contribution in [3.8, 4) is 0 Å². The molecule has 0 amide bonds. The SMILES string of the molecule is CC1(NS(=O)(=O)c2ccsc2CN)CCCCC1. The fourth-order valence-electron chi connectivity index (χ4n) is 2.53. The van der Waals surface area contributed by atoms with Gasteiger partial charge in [0, 0.05) is 17.0 Å². The summed E-state index contributed by atoms with van der Waals surface area (Å²) < 4.78 is 27.6. The summed E-state index contributed by atoms with van der Waals surface area (Å²) >= 11 is 1.39. The van der Waals surface area contributed by atoms with Crippen LogP contribution in [0.15, 0.2) is 16.3 Å². The van der Waals surface area contributed by atoms with Crippen molar-refractivity contribution in [2.24, 2.45) is 5.73 Å². The topological polar surface area (TPSA) is 72.2 Å². The van der Waals surface area contributed by atoms with E-state index in [9.17, 15) is 8.42 Å². The Labute approximate surface area is 113 Å². The van der Waals surface area contributed by atoms with Crippen LogP contribution in [0.25, 0.3) is 0 Å². The van der Waals surface area contributed by atoms with Crippen molar-refractivity contribution in [2.45, 2.75) is 56.0 Å². The van der Waals surface area contributed by atoms with Crippen LogP contribution < -0.4 is 10.5 Å². The highest BCUT2D eigenvalue weighted by molar-refractivity contribution is 7.89. The van der Waals surface area contributed by atoms with Crippen LogP contribution in [-0.2, 0) is 16.6 Å². The molecule has 0 unspecified atom stereocenters. The van der Waals surface area contributed by atoms with Crippen LogP contribution in [-0.4, -0.2) is 14.0 Å². The van der Waals surface area contributed by atoms with Gasteiger partial charge < -0.3 is 5.73 Å². The average molecular weight is 288 g/mol. The molecule has 1 aromatic heterocycles. The second-order valence-corrected chi connectivity index (χ2v) is 7.79. The van der Waals surface area contributed by atoms with Crippen molar-refractivity contribution in [1.82, 2.24) is 4.72 Å². The molecular formula is C12H20N2O2S2. The number of hydrogen-bond acceptors (Lipinski definition) is 4. The van der Waals surface area contributed by atoms with Gasteiger partial charge in [0.2, 0.25) is 10.0 Å². The lowest BCUT2D eigenvalue weighted by atomic mass is 9.84. The zero-order chi connectivity index (χ0) is 13.2. The molecule has 1 fully saturated rings. The Balaban J connectivity index is 2.21. The molecule has 0 atom stereocenters. The first-order chi connectivity index (χ1) is 8.47. The molecule has 1 aliphatic carbocycles. The molecule has 18 heavy (non-hydrogen) atoms. The molecule has 0 spiro atoms. The molecule has 1 saturated carbocycles. The molecule has 0 bridgehead atoms. The highest BCUT2D eigenvalue weighted by Crippen LogP contribution is 2.30. The number of sulfonamides is 1. The fraction of sp³-hybridized carbons (Fsp3) is 0.667. The van der Waals surface area contributed by atoms with Gasteiger partial charge in [0.25, 0.3) is 0 Å². The molecule has 1 aromatic rings. The summed E-state index contributed by atoms with van der Waals surface area (Å²) in [6, 6.07) is 1.64. The van der Waals surface area contributed by atoms with Crippen LogP contribution >= 0.6 is 11.3 Å². The van der Waals surface area contributed by atoms with Crippen LogP contribution in [0.4, 0.5) is 0 Å². The van der Waals surface area contributed by atoms with E-state index in [0.717, 1.165) is 30.6 Å². The molecule has 1 aliphatic rings. The first kappa shape index (κ1) is 14.0. The van der Waals surface area contributed by atoms with Gasteiger partial charge in [-0.15, -0.1) is 11.3 Å². The fourth-order valence-corrected chi connectivity index (χ4v) is 5.33. The van der Waals surface area contributed by atoms with Gasteiger partial charge in [0.1, 0.15) is 0 Å². The standard InChI is InChI=1S/C12H20N2O2S2/c1-12(6-3-2-4-7-12)14-18(15,16)11-5-8-17-10(11)9-13/h5,8,14H,2-4,6-7,9,13H2,1H3. The van der Waals surface area contributed by atoms with Crippen molar-refractivity contribution in [2.75, 3.05) is 0 Å². The third-order valence-electron chi connectivity index (χ3n) is 3.52. The zero-order valence-corrected chi connectivity index (χ0v) is 12.2. The lowest BCUT2D eigenvalue weighted by Crippen LogP contribution is -2.47. The monoisotopic (exact) mass is 288 g/mol. The Hall–Kier alpha value is -0.430. The summed E-state index contributed by atoms with van der Waals surface area (Å²) in [6.07, 6.45) is 5.20. The minimum Gasteiger partial charge on any atom is -0.326 e. The van der Waals surface area contributed by atoms with E-state index >= 15 is 0 Å². The molecule has 4 nitrogen and oxygen atoms in total. The molecule has 1 heterocycles. The average Bonchev–Trinajstić information content (AvgIpc) is 2.77. The minimum atomic E-state index is -3.44. The number of hydrogen-bond donors (Lipinski definition) is 2. The zero-order valence-electron chi connectivity index (χ0n) is 10.6. The predicted molar refractivity (Wildman–Crippen MR) is 74.0 cm³/mol. The first-order valence-electron chi connectivity index (χ1n) is 6.27. The van der Waals surface area contributed by atoms with E-state index in [0.29, 0.717) is 4.90 Å². The van der Waals surface area contributed by atoms with E-state index in [-0.39, 0.29) is 12.1 Å². The van der Waals surface area contributed by atoms with Crippen molar-refractivity contribution in [1.29, 1.82) is 0 Å². The minimum absolute atomic E-state index is 0.268. The van der Waals surface area contributed by atoms with Gasteiger partial charge in [-0.25, -0.2) is 13.1 Å². The molecule has 6 heteroatoms. The third-order valence-corrected chi connectivity index (χ3v) is 6.31. The number of nitrogens with one attached hydrogen (secondary N) is 1. The smallest absolute Gasteiger partial charge is 0.242 e. The van der Waals surface area contributed by atoms with E-state index in [4.69, 9.17) is 5.73 Å². The Bertz CT molecular complexity index is 502. The van der Waals surface area contributed by atoms with Gasteiger partial charge >= 0.3 is 0 Å². The van der Waals surface area contributed by atoms with E-state index in [1.807, 2.05) is 6.92 Å². The molecule has 0 saturated heterocycles. The number of rotatable bonds is 4. The normalized spacial score (nSPS) is 19.9. The summed E-state index contributed by atoms with van der Waals surface area (Å²) in [5.74, 6) is 0. The second-order valence-electron chi connectivity index (χ2n) is 5.14. The van der Waals surface area contributed by atoms with Crippen LogP contribution in [0, 0.1) is 0 Å². The molecule has 102 valence electrons. The lowest BCUT2D eigenvalue weighted by Gasteiger charge is -2.34. The Kier molecular flexibility index (Phi) is 4.11. The van der Waals surface area contributed by atoms with Crippen LogP contribution in [0.5, 0.6) is 0 Å². The Morgan fingerprint density at radius 1 is 1.39 bits per heavy atom. The van der Waals surface area contributed by atoms with Crippen LogP contribution in [0.3, 0.4) is 0 Å². The summed E-state index contributed by atoms with van der Waals surface area (Å²) in [6.45, 7) is 2.27.